The quantitative estimate of drug-likeness (QED) is 0.258. The van der Waals surface area contributed by atoms with Crippen LogP contribution in [0.4, 0.5) is 0 Å². The van der Waals surface area contributed by atoms with E-state index in [-0.39, 0.29) is 17.5 Å². The molecule has 0 spiro atoms. The van der Waals surface area contributed by atoms with E-state index in [0.29, 0.717) is 17.7 Å². The maximum Gasteiger partial charge on any atom is 0.338 e. The fourth-order valence-electron chi connectivity index (χ4n) is 2.66. The van der Waals surface area contributed by atoms with Crippen molar-refractivity contribution < 1.29 is 19.1 Å². The molecule has 0 amide bonds. The molecule has 25 heavy (non-hydrogen) atoms. The van der Waals surface area contributed by atoms with Crippen LogP contribution in [0, 0.1) is 12.6 Å². The Bertz CT molecular complexity index is 653. The van der Waals surface area contributed by atoms with Gasteiger partial charge in [0.15, 0.2) is 5.75 Å². The second-order valence-corrected chi connectivity index (χ2v) is 9.77. The lowest BCUT2D eigenvalue weighted by Gasteiger charge is -2.24. The highest BCUT2D eigenvalue weighted by Crippen LogP contribution is 2.35. The van der Waals surface area contributed by atoms with E-state index < -0.39 is 5.41 Å². The van der Waals surface area contributed by atoms with Gasteiger partial charge in [0.2, 0.25) is 0 Å². The van der Waals surface area contributed by atoms with Gasteiger partial charge in [0, 0.05) is 0 Å². The van der Waals surface area contributed by atoms with Gasteiger partial charge in [0.05, 0.1) is 18.1 Å². The highest BCUT2D eigenvalue weighted by atomic mass is 127. The number of hydrogen-bond acceptors (Lipinski definition) is 4. The van der Waals surface area contributed by atoms with Crippen molar-refractivity contribution in [1.82, 2.24) is 0 Å². The molecule has 0 N–H and O–H groups in total. The minimum atomic E-state index is -0.541. The predicted octanol–water partition coefficient (Wildman–Crippen LogP) is 5.73. The molecule has 4 nitrogen and oxygen atoms in total. The van der Waals surface area contributed by atoms with Gasteiger partial charge in [-0.25, -0.2) is 4.79 Å². The Morgan fingerprint density at radius 2 is 1.68 bits per heavy atom. The van der Waals surface area contributed by atoms with Gasteiger partial charge in [-0.3, -0.25) is 4.79 Å². The van der Waals surface area contributed by atoms with E-state index in [4.69, 9.17) is 9.47 Å². The van der Waals surface area contributed by atoms with Crippen LogP contribution >= 0.6 is 45.2 Å². The van der Waals surface area contributed by atoms with Crippen molar-refractivity contribution in [2.24, 2.45) is 5.41 Å². The zero-order chi connectivity index (χ0) is 18.8. The first-order valence-corrected chi connectivity index (χ1v) is 10.7. The molecule has 1 aromatic carbocycles. The number of halogens is 2. The maximum atomic E-state index is 12.5. The van der Waals surface area contributed by atoms with Crippen molar-refractivity contribution in [1.29, 1.82) is 0 Å². The van der Waals surface area contributed by atoms with Crippen LogP contribution in [0.25, 0.3) is 0 Å². The number of hydrogen-bond donors (Lipinski definition) is 0. The molecule has 0 aliphatic heterocycles. The molecule has 0 bridgehead atoms. The summed E-state index contributed by atoms with van der Waals surface area (Å²) in [6, 6.07) is 3.45. The lowest BCUT2D eigenvalue weighted by Crippen LogP contribution is -2.29. The first-order chi connectivity index (χ1) is 11.6. The summed E-state index contributed by atoms with van der Waals surface area (Å²) in [4.78, 5) is 24.9. The van der Waals surface area contributed by atoms with Gasteiger partial charge in [-0.1, -0.05) is 6.92 Å². The lowest BCUT2D eigenvalue weighted by molar-refractivity contribution is -0.144. The van der Waals surface area contributed by atoms with Crippen molar-refractivity contribution in [2.45, 2.75) is 65.4 Å². The highest BCUT2D eigenvalue weighted by molar-refractivity contribution is 14.1. The molecule has 1 saturated carbocycles. The Kier molecular flexibility index (Phi) is 6.78. The van der Waals surface area contributed by atoms with E-state index in [1.54, 1.807) is 12.1 Å². The first kappa shape index (κ1) is 20.9. The van der Waals surface area contributed by atoms with E-state index in [1.165, 1.54) is 0 Å². The van der Waals surface area contributed by atoms with Gasteiger partial charge in [0.1, 0.15) is 5.60 Å². The number of benzene rings is 1. The van der Waals surface area contributed by atoms with Crippen LogP contribution in [0.1, 0.15) is 70.2 Å². The van der Waals surface area contributed by atoms with Gasteiger partial charge < -0.3 is 9.47 Å². The summed E-state index contributed by atoms with van der Waals surface area (Å²) >= 11 is 4.19. The monoisotopic (exact) mass is 570 g/mol. The van der Waals surface area contributed by atoms with E-state index in [1.807, 2.05) is 27.7 Å². The minimum Gasteiger partial charge on any atom is -0.456 e. The zero-order valence-electron chi connectivity index (χ0n) is 15.1. The molecule has 138 valence electrons. The van der Waals surface area contributed by atoms with Gasteiger partial charge >= 0.3 is 11.9 Å². The third-order valence-corrected chi connectivity index (χ3v) is 6.47. The molecule has 0 atom stereocenters. The van der Waals surface area contributed by atoms with Gasteiger partial charge in [-0.2, -0.15) is 0 Å². The second kappa shape index (κ2) is 8.10. The summed E-state index contributed by atoms with van der Waals surface area (Å²) < 4.78 is 12.8. The van der Waals surface area contributed by atoms with Crippen molar-refractivity contribution in [3.8, 4) is 5.75 Å². The smallest absolute Gasteiger partial charge is 0.338 e. The summed E-state index contributed by atoms with van der Waals surface area (Å²) in [7, 11) is 0. The Hall–Kier alpha value is -0.380. The molecule has 1 fully saturated rings. The zero-order valence-corrected chi connectivity index (χ0v) is 19.4. The Labute approximate surface area is 176 Å². The molecule has 0 unspecified atom stereocenters. The van der Waals surface area contributed by atoms with Crippen LogP contribution in [-0.4, -0.2) is 17.5 Å². The van der Waals surface area contributed by atoms with Gasteiger partial charge in [-0.15, -0.1) is 0 Å². The van der Waals surface area contributed by atoms with Crippen molar-refractivity contribution in [3.05, 3.63) is 24.8 Å². The molecule has 1 aliphatic carbocycles. The maximum absolute atomic E-state index is 12.5. The molecule has 0 heterocycles. The first-order valence-electron chi connectivity index (χ1n) is 8.53. The normalized spacial score (nSPS) is 16.6. The third-order valence-electron chi connectivity index (χ3n) is 4.87. The molecule has 1 aromatic rings. The van der Waals surface area contributed by atoms with Crippen LogP contribution < -0.4 is 4.74 Å². The van der Waals surface area contributed by atoms with E-state index >= 15 is 0 Å². The average Bonchev–Trinajstić information content (AvgIpc) is 2.96. The van der Waals surface area contributed by atoms with Crippen LogP contribution in [-0.2, 0) is 9.53 Å². The number of ether oxygens (including phenoxy) is 2. The van der Waals surface area contributed by atoms with Crippen molar-refractivity contribution in [3.63, 3.8) is 0 Å². The third kappa shape index (κ3) is 5.08. The predicted molar refractivity (Wildman–Crippen MR) is 114 cm³/mol. The van der Waals surface area contributed by atoms with E-state index in [2.05, 4.69) is 45.2 Å². The SMILES string of the molecule is CCC(C)(C)C(=O)Oc1c(I)cc(C(=O)OC2(C)CCCC2)cc1I. The van der Waals surface area contributed by atoms with Crippen LogP contribution in [0.2, 0.25) is 0 Å². The minimum absolute atomic E-state index is 0.264. The number of carbonyl (C=O) groups excluding carboxylic acids is 2. The van der Waals surface area contributed by atoms with Crippen LogP contribution in [0.3, 0.4) is 0 Å². The van der Waals surface area contributed by atoms with E-state index in [9.17, 15) is 9.59 Å². The van der Waals surface area contributed by atoms with Gasteiger partial charge in [-0.05, 0) is 110 Å². The van der Waals surface area contributed by atoms with Gasteiger partial charge in [0.25, 0.3) is 0 Å². The Balaban J connectivity index is 2.19. The van der Waals surface area contributed by atoms with E-state index in [0.717, 1.165) is 32.8 Å². The Morgan fingerprint density at radius 1 is 1.16 bits per heavy atom. The highest BCUT2D eigenvalue weighted by Gasteiger charge is 2.33. The second-order valence-electron chi connectivity index (χ2n) is 7.44. The van der Waals surface area contributed by atoms with Crippen LogP contribution in [0.15, 0.2) is 12.1 Å². The number of esters is 2. The standard InChI is InChI=1S/C19H24I2O4/c1-5-18(2,3)17(23)24-15-13(20)10-12(11-14(15)21)16(22)25-19(4)8-6-7-9-19/h10-11H,5-9H2,1-4H3. The molecule has 1 aliphatic rings. The molecule has 0 radical (unpaired) electrons. The summed E-state index contributed by atoms with van der Waals surface area (Å²) in [5, 5.41) is 0. The summed E-state index contributed by atoms with van der Waals surface area (Å²) in [6.45, 7) is 7.68. The molecule has 2 rings (SSSR count). The topological polar surface area (TPSA) is 52.6 Å². The molecule has 0 aromatic heterocycles. The van der Waals surface area contributed by atoms with Crippen molar-refractivity contribution in [2.75, 3.05) is 0 Å². The largest absolute Gasteiger partial charge is 0.456 e. The lowest BCUT2D eigenvalue weighted by atomic mass is 9.91. The molecular formula is C19H24I2O4. The summed E-state index contributed by atoms with van der Waals surface area (Å²) in [5.74, 6) is -0.0667. The fraction of sp³-hybridized carbons (Fsp3) is 0.579. The molecule has 0 saturated heterocycles. The Morgan fingerprint density at radius 3 is 2.16 bits per heavy atom. The average molecular weight is 570 g/mol. The summed E-state index contributed by atoms with van der Waals surface area (Å²) in [5.41, 5.74) is -0.401. The summed E-state index contributed by atoms with van der Waals surface area (Å²) in [6.07, 6.45) is 4.72. The molecular weight excluding hydrogens is 546 g/mol. The van der Waals surface area contributed by atoms with Crippen molar-refractivity contribution >= 4 is 57.1 Å². The van der Waals surface area contributed by atoms with Crippen LogP contribution in [0.5, 0.6) is 5.75 Å². The number of rotatable bonds is 5. The molecule has 6 heteroatoms. The number of carbonyl (C=O) groups is 2. The fourth-order valence-corrected chi connectivity index (χ4v) is 4.65.